The Balaban J connectivity index is 2.03. The van der Waals surface area contributed by atoms with E-state index in [4.69, 9.17) is 4.98 Å². The molecule has 1 aromatic heterocycles. The summed E-state index contributed by atoms with van der Waals surface area (Å²) >= 11 is 0. The molecule has 1 atom stereocenters. The van der Waals surface area contributed by atoms with Crippen LogP contribution in [0.5, 0.6) is 0 Å². The number of hydrogen-bond acceptors (Lipinski definition) is 1. The lowest BCUT2D eigenvalue weighted by molar-refractivity contribution is 0.214. The second-order valence-electron chi connectivity index (χ2n) is 6.59. The first-order valence-corrected chi connectivity index (χ1v) is 6.91. The van der Waals surface area contributed by atoms with Crippen LogP contribution in [0.2, 0.25) is 0 Å². The van der Waals surface area contributed by atoms with Gasteiger partial charge in [-0.3, -0.25) is 4.98 Å². The summed E-state index contributed by atoms with van der Waals surface area (Å²) in [7, 11) is 0. The molecular weight excluding hydrogens is 218 g/mol. The number of hydrogen-bond donors (Lipinski definition) is 0. The quantitative estimate of drug-likeness (QED) is 0.664. The van der Waals surface area contributed by atoms with Crippen LogP contribution < -0.4 is 0 Å². The molecule has 0 amide bonds. The topological polar surface area (TPSA) is 12.9 Å². The zero-order valence-electron chi connectivity index (χ0n) is 11.5. The Hall–Kier alpha value is -1.37. The molecule has 0 saturated heterocycles. The molecule has 0 aliphatic heterocycles. The summed E-state index contributed by atoms with van der Waals surface area (Å²) in [4.78, 5) is 4.88. The minimum Gasteiger partial charge on any atom is -0.253 e. The van der Waals surface area contributed by atoms with E-state index in [2.05, 4.69) is 51.1 Å². The normalized spacial score (nSPS) is 19.8. The maximum absolute atomic E-state index is 4.88. The lowest BCUT2D eigenvalue weighted by atomic mass is 9.72. The molecule has 0 bridgehead atoms. The Kier molecular flexibility index (Phi) is 2.65. The molecule has 2 aromatic rings. The summed E-state index contributed by atoms with van der Waals surface area (Å²) in [6.07, 6.45) is 3.63. The van der Waals surface area contributed by atoms with Gasteiger partial charge in [0.05, 0.1) is 5.52 Å². The Morgan fingerprint density at radius 3 is 2.72 bits per heavy atom. The third-order valence-electron chi connectivity index (χ3n) is 4.32. The van der Waals surface area contributed by atoms with E-state index in [9.17, 15) is 0 Å². The highest BCUT2D eigenvalue weighted by atomic mass is 14.7. The number of pyridine rings is 1. The van der Waals surface area contributed by atoms with Crippen molar-refractivity contribution in [3.8, 4) is 0 Å². The van der Waals surface area contributed by atoms with Crippen LogP contribution in [0.1, 0.15) is 38.4 Å². The van der Waals surface area contributed by atoms with Crippen molar-refractivity contribution in [2.45, 2.75) is 40.0 Å². The van der Waals surface area contributed by atoms with Crippen molar-refractivity contribution < 1.29 is 0 Å². The van der Waals surface area contributed by atoms with Gasteiger partial charge < -0.3 is 0 Å². The molecule has 1 nitrogen and oxygen atoms in total. The van der Waals surface area contributed by atoms with Gasteiger partial charge in [0.15, 0.2) is 0 Å². The van der Waals surface area contributed by atoms with Crippen LogP contribution >= 0.6 is 0 Å². The molecule has 1 heteroatoms. The molecular formula is C17H21N. The van der Waals surface area contributed by atoms with Gasteiger partial charge in [0.2, 0.25) is 0 Å². The summed E-state index contributed by atoms with van der Waals surface area (Å²) in [5.41, 5.74) is 4.34. The van der Waals surface area contributed by atoms with Crippen molar-refractivity contribution in [3.63, 3.8) is 0 Å². The molecule has 0 spiro atoms. The monoisotopic (exact) mass is 239 g/mol. The molecule has 0 fully saturated rings. The number of para-hydroxylation sites is 1. The highest BCUT2D eigenvalue weighted by Gasteiger charge is 2.29. The minimum absolute atomic E-state index is 0.394. The SMILES string of the molecule is CC(C)(C)C1CCc2cc3ccccc3nc2C1. The summed E-state index contributed by atoms with van der Waals surface area (Å²) in [5.74, 6) is 0.763. The van der Waals surface area contributed by atoms with Gasteiger partial charge in [-0.25, -0.2) is 0 Å². The van der Waals surface area contributed by atoms with Gasteiger partial charge in [-0.2, -0.15) is 0 Å². The van der Waals surface area contributed by atoms with Crippen LogP contribution in [0.3, 0.4) is 0 Å². The fourth-order valence-corrected chi connectivity index (χ4v) is 3.00. The van der Waals surface area contributed by atoms with Gasteiger partial charge in [-0.05, 0) is 48.3 Å². The van der Waals surface area contributed by atoms with Crippen LogP contribution in [-0.2, 0) is 12.8 Å². The van der Waals surface area contributed by atoms with Gasteiger partial charge in [-0.15, -0.1) is 0 Å². The molecule has 1 aliphatic rings. The molecule has 1 aliphatic carbocycles. The van der Waals surface area contributed by atoms with E-state index in [-0.39, 0.29) is 0 Å². The van der Waals surface area contributed by atoms with E-state index in [0.29, 0.717) is 5.41 Å². The predicted octanol–water partition coefficient (Wildman–Crippen LogP) is 4.39. The maximum Gasteiger partial charge on any atom is 0.0705 e. The number of benzene rings is 1. The Morgan fingerprint density at radius 2 is 1.94 bits per heavy atom. The Bertz CT molecular complexity index is 578. The van der Waals surface area contributed by atoms with Crippen molar-refractivity contribution in [2.24, 2.45) is 11.3 Å². The molecule has 94 valence electrons. The second-order valence-corrected chi connectivity index (χ2v) is 6.59. The molecule has 1 unspecified atom stereocenters. The largest absolute Gasteiger partial charge is 0.253 e. The van der Waals surface area contributed by atoms with Gasteiger partial charge in [0, 0.05) is 11.1 Å². The van der Waals surface area contributed by atoms with Crippen LogP contribution in [-0.4, -0.2) is 4.98 Å². The van der Waals surface area contributed by atoms with E-state index in [1.165, 1.54) is 29.5 Å². The van der Waals surface area contributed by atoms with E-state index in [1.54, 1.807) is 0 Å². The molecule has 3 rings (SSSR count). The fraction of sp³-hybridized carbons (Fsp3) is 0.471. The summed E-state index contributed by atoms with van der Waals surface area (Å²) in [6.45, 7) is 7.05. The number of aromatic nitrogens is 1. The summed E-state index contributed by atoms with van der Waals surface area (Å²) in [5, 5.41) is 1.28. The van der Waals surface area contributed by atoms with Crippen LogP contribution in [0.15, 0.2) is 30.3 Å². The Labute approximate surface area is 109 Å². The van der Waals surface area contributed by atoms with Crippen LogP contribution in [0.4, 0.5) is 0 Å². The van der Waals surface area contributed by atoms with Crippen molar-refractivity contribution in [1.29, 1.82) is 0 Å². The standard InChI is InChI=1S/C17H21N/c1-17(2,3)14-9-8-13-10-12-6-4-5-7-15(12)18-16(13)11-14/h4-7,10,14H,8-9,11H2,1-3H3. The first-order chi connectivity index (χ1) is 8.54. The third kappa shape index (κ3) is 2.03. The number of aryl methyl sites for hydroxylation is 1. The van der Waals surface area contributed by atoms with Crippen molar-refractivity contribution in [1.82, 2.24) is 4.98 Å². The maximum atomic E-state index is 4.88. The van der Waals surface area contributed by atoms with Crippen molar-refractivity contribution >= 4 is 10.9 Å². The van der Waals surface area contributed by atoms with E-state index < -0.39 is 0 Å². The van der Waals surface area contributed by atoms with Crippen LogP contribution in [0.25, 0.3) is 10.9 Å². The predicted molar refractivity (Wildman–Crippen MR) is 76.7 cm³/mol. The van der Waals surface area contributed by atoms with E-state index in [1.807, 2.05) is 0 Å². The zero-order chi connectivity index (χ0) is 12.8. The van der Waals surface area contributed by atoms with Gasteiger partial charge in [0.1, 0.15) is 0 Å². The zero-order valence-corrected chi connectivity index (χ0v) is 11.5. The first-order valence-electron chi connectivity index (χ1n) is 6.91. The average Bonchev–Trinajstić information content (AvgIpc) is 2.34. The first kappa shape index (κ1) is 11.7. The van der Waals surface area contributed by atoms with Gasteiger partial charge in [-0.1, -0.05) is 39.0 Å². The lowest BCUT2D eigenvalue weighted by Gasteiger charge is -2.34. The molecule has 0 saturated carbocycles. The highest BCUT2D eigenvalue weighted by Crippen LogP contribution is 2.37. The van der Waals surface area contributed by atoms with Gasteiger partial charge in [0.25, 0.3) is 0 Å². The van der Waals surface area contributed by atoms with Crippen molar-refractivity contribution in [2.75, 3.05) is 0 Å². The minimum atomic E-state index is 0.394. The lowest BCUT2D eigenvalue weighted by Crippen LogP contribution is -2.27. The fourth-order valence-electron chi connectivity index (χ4n) is 3.00. The second kappa shape index (κ2) is 4.08. The van der Waals surface area contributed by atoms with Crippen LogP contribution in [0, 0.1) is 11.3 Å². The molecule has 1 heterocycles. The highest BCUT2D eigenvalue weighted by molar-refractivity contribution is 5.79. The van der Waals surface area contributed by atoms with E-state index >= 15 is 0 Å². The number of rotatable bonds is 0. The van der Waals surface area contributed by atoms with E-state index in [0.717, 1.165) is 17.9 Å². The summed E-state index contributed by atoms with van der Waals surface area (Å²) < 4.78 is 0. The third-order valence-corrected chi connectivity index (χ3v) is 4.32. The molecule has 18 heavy (non-hydrogen) atoms. The summed E-state index contributed by atoms with van der Waals surface area (Å²) in [6, 6.07) is 10.8. The Morgan fingerprint density at radius 1 is 1.17 bits per heavy atom. The average molecular weight is 239 g/mol. The molecule has 0 N–H and O–H groups in total. The van der Waals surface area contributed by atoms with Crippen molar-refractivity contribution in [3.05, 3.63) is 41.6 Å². The molecule has 0 radical (unpaired) electrons. The number of nitrogens with zero attached hydrogens (tertiary/aromatic N) is 1. The smallest absolute Gasteiger partial charge is 0.0705 e. The van der Waals surface area contributed by atoms with Gasteiger partial charge >= 0.3 is 0 Å². The molecule has 1 aromatic carbocycles. The number of fused-ring (bicyclic) bond motifs is 2.